The molecule has 0 radical (unpaired) electrons. The second kappa shape index (κ2) is 5.47. The topological polar surface area (TPSA) is 49.3 Å². The minimum absolute atomic E-state index is 0.102. The summed E-state index contributed by atoms with van der Waals surface area (Å²) in [7, 11) is 0. The van der Waals surface area contributed by atoms with E-state index in [0.717, 1.165) is 11.1 Å². The van der Waals surface area contributed by atoms with Gasteiger partial charge in [-0.3, -0.25) is 4.79 Å². The molecular weight excluding hydrogens is 293 g/mol. The van der Waals surface area contributed by atoms with Gasteiger partial charge in [0.15, 0.2) is 5.82 Å². The first-order chi connectivity index (χ1) is 10.1. The predicted molar refractivity (Wildman–Crippen MR) is 77.8 cm³/mol. The lowest BCUT2D eigenvalue weighted by Crippen LogP contribution is -2.34. The lowest BCUT2D eigenvalue weighted by atomic mass is 10.1. The molecule has 0 saturated heterocycles. The van der Waals surface area contributed by atoms with E-state index in [1.165, 1.54) is 18.2 Å². The highest BCUT2D eigenvalue weighted by Gasteiger charge is 2.32. The Labute approximate surface area is 126 Å². The average molecular weight is 306 g/mol. The standard InChI is InChI=1S/C16H13ClFNO2/c17-12-7-3-6-11(14(12)18)16(21)19-15-10-5-2-1-4-9(10)8-13(15)20/h1-7,13,15,20H,8H2,(H,19,21). The van der Waals surface area contributed by atoms with Gasteiger partial charge in [0.2, 0.25) is 0 Å². The molecule has 0 aliphatic heterocycles. The normalized spacial score (nSPS) is 20.1. The molecule has 0 heterocycles. The molecule has 0 fully saturated rings. The van der Waals surface area contributed by atoms with Gasteiger partial charge in [-0.1, -0.05) is 41.9 Å². The number of hydrogen-bond acceptors (Lipinski definition) is 2. The zero-order valence-electron chi connectivity index (χ0n) is 11.0. The lowest BCUT2D eigenvalue weighted by molar-refractivity contribution is 0.0854. The number of nitrogens with one attached hydrogen (secondary N) is 1. The number of fused-ring (bicyclic) bond motifs is 1. The van der Waals surface area contributed by atoms with Crippen LogP contribution in [0.5, 0.6) is 0 Å². The van der Waals surface area contributed by atoms with Crippen molar-refractivity contribution in [2.24, 2.45) is 0 Å². The molecular formula is C16H13ClFNO2. The highest BCUT2D eigenvalue weighted by atomic mass is 35.5. The van der Waals surface area contributed by atoms with Crippen molar-refractivity contribution in [1.29, 1.82) is 0 Å². The summed E-state index contributed by atoms with van der Waals surface area (Å²) in [4.78, 5) is 12.2. The van der Waals surface area contributed by atoms with Gasteiger partial charge in [0.1, 0.15) is 0 Å². The van der Waals surface area contributed by atoms with E-state index in [4.69, 9.17) is 11.6 Å². The van der Waals surface area contributed by atoms with E-state index in [2.05, 4.69) is 5.32 Å². The number of halogens is 2. The SMILES string of the molecule is O=C(NC1c2ccccc2CC1O)c1cccc(Cl)c1F. The van der Waals surface area contributed by atoms with Crippen LogP contribution in [0.2, 0.25) is 5.02 Å². The zero-order valence-corrected chi connectivity index (χ0v) is 11.8. The second-order valence-corrected chi connectivity index (χ2v) is 5.43. The number of rotatable bonds is 2. The first-order valence-corrected chi connectivity index (χ1v) is 6.96. The summed E-state index contributed by atoms with van der Waals surface area (Å²) in [5.74, 6) is -1.34. The van der Waals surface area contributed by atoms with Crippen LogP contribution in [0.3, 0.4) is 0 Å². The molecule has 108 valence electrons. The van der Waals surface area contributed by atoms with Crippen LogP contribution in [-0.2, 0) is 6.42 Å². The second-order valence-electron chi connectivity index (χ2n) is 5.02. The predicted octanol–water partition coefficient (Wildman–Crippen LogP) is 2.87. The molecule has 2 atom stereocenters. The molecule has 2 unspecified atom stereocenters. The number of carbonyl (C=O) groups excluding carboxylic acids is 1. The van der Waals surface area contributed by atoms with E-state index in [1.807, 2.05) is 24.3 Å². The van der Waals surface area contributed by atoms with Gasteiger partial charge < -0.3 is 10.4 Å². The maximum atomic E-state index is 13.9. The van der Waals surface area contributed by atoms with Gasteiger partial charge in [-0.15, -0.1) is 0 Å². The van der Waals surface area contributed by atoms with Gasteiger partial charge in [0, 0.05) is 6.42 Å². The molecule has 1 amide bonds. The molecule has 3 nitrogen and oxygen atoms in total. The van der Waals surface area contributed by atoms with Crippen LogP contribution in [0.4, 0.5) is 4.39 Å². The molecule has 2 N–H and O–H groups in total. The Balaban J connectivity index is 1.87. The van der Waals surface area contributed by atoms with Crippen molar-refractivity contribution in [3.05, 3.63) is 70.0 Å². The fraction of sp³-hybridized carbons (Fsp3) is 0.188. The quantitative estimate of drug-likeness (QED) is 0.896. The van der Waals surface area contributed by atoms with Crippen LogP contribution in [0, 0.1) is 5.82 Å². The first kappa shape index (κ1) is 14.0. The van der Waals surface area contributed by atoms with Crippen molar-refractivity contribution < 1.29 is 14.3 Å². The summed E-state index contributed by atoms with van der Waals surface area (Å²) in [6.45, 7) is 0. The van der Waals surface area contributed by atoms with Gasteiger partial charge in [-0.2, -0.15) is 0 Å². The third-order valence-corrected chi connectivity index (χ3v) is 3.98. The highest BCUT2D eigenvalue weighted by molar-refractivity contribution is 6.31. The Morgan fingerprint density at radius 3 is 2.81 bits per heavy atom. The van der Waals surface area contributed by atoms with E-state index in [9.17, 15) is 14.3 Å². The summed E-state index contributed by atoms with van der Waals surface area (Å²) < 4.78 is 13.9. The van der Waals surface area contributed by atoms with Gasteiger partial charge in [0.05, 0.1) is 22.7 Å². The Bertz CT molecular complexity index is 704. The molecule has 3 rings (SSSR count). The summed E-state index contributed by atoms with van der Waals surface area (Å²) in [6.07, 6.45) is -0.243. The Morgan fingerprint density at radius 1 is 1.24 bits per heavy atom. The van der Waals surface area contributed by atoms with Crippen LogP contribution in [0.15, 0.2) is 42.5 Å². The van der Waals surface area contributed by atoms with Gasteiger partial charge in [0.25, 0.3) is 5.91 Å². The summed E-state index contributed by atoms with van der Waals surface area (Å²) in [5.41, 5.74) is 1.72. The monoisotopic (exact) mass is 305 g/mol. The molecule has 5 heteroatoms. The Morgan fingerprint density at radius 2 is 2.00 bits per heavy atom. The number of aliphatic hydroxyl groups excluding tert-OH is 1. The summed E-state index contributed by atoms with van der Waals surface area (Å²) in [5, 5.41) is 12.7. The molecule has 0 aromatic heterocycles. The van der Waals surface area contributed by atoms with Crippen molar-refractivity contribution in [3.8, 4) is 0 Å². The van der Waals surface area contributed by atoms with Crippen LogP contribution in [-0.4, -0.2) is 17.1 Å². The maximum Gasteiger partial charge on any atom is 0.254 e. The van der Waals surface area contributed by atoms with E-state index in [1.54, 1.807) is 0 Å². The van der Waals surface area contributed by atoms with Crippen LogP contribution in [0.25, 0.3) is 0 Å². The van der Waals surface area contributed by atoms with Crippen molar-refractivity contribution in [3.63, 3.8) is 0 Å². The molecule has 2 aromatic carbocycles. The molecule has 0 bridgehead atoms. The van der Waals surface area contributed by atoms with E-state index in [-0.39, 0.29) is 10.6 Å². The highest BCUT2D eigenvalue weighted by Crippen LogP contribution is 2.31. The zero-order chi connectivity index (χ0) is 15.0. The molecule has 2 aromatic rings. The molecule has 1 aliphatic carbocycles. The summed E-state index contributed by atoms with van der Waals surface area (Å²) >= 11 is 5.68. The molecule has 21 heavy (non-hydrogen) atoms. The van der Waals surface area contributed by atoms with E-state index < -0.39 is 23.9 Å². The van der Waals surface area contributed by atoms with Crippen LogP contribution < -0.4 is 5.32 Å². The number of amides is 1. The van der Waals surface area contributed by atoms with Crippen molar-refractivity contribution in [2.45, 2.75) is 18.6 Å². The smallest absolute Gasteiger partial charge is 0.254 e. The van der Waals surface area contributed by atoms with Crippen molar-refractivity contribution in [1.82, 2.24) is 5.32 Å². The average Bonchev–Trinajstić information content (AvgIpc) is 2.78. The van der Waals surface area contributed by atoms with Gasteiger partial charge in [-0.25, -0.2) is 4.39 Å². The third kappa shape index (κ3) is 2.52. The number of aliphatic hydroxyl groups is 1. The minimum atomic E-state index is -0.752. The molecule has 0 spiro atoms. The van der Waals surface area contributed by atoms with Crippen molar-refractivity contribution in [2.75, 3.05) is 0 Å². The van der Waals surface area contributed by atoms with E-state index >= 15 is 0 Å². The number of carbonyl (C=O) groups is 1. The summed E-state index contributed by atoms with van der Waals surface area (Å²) in [6, 6.07) is 11.2. The lowest BCUT2D eigenvalue weighted by Gasteiger charge is -2.18. The van der Waals surface area contributed by atoms with Crippen molar-refractivity contribution >= 4 is 17.5 Å². The molecule has 1 aliphatic rings. The van der Waals surface area contributed by atoms with Gasteiger partial charge in [-0.05, 0) is 23.3 Å². The fourth-order valence-electron chi connectivity index (χ4n) is 2.65. The third-order valence-electron chi connectivity index (χ3n) is 3.69. The van der Waals surface area contributed by atoms with Crippen LogP contribution >= 0.6 is 11.6 Å². The Kier molecular flexibility index (Phi) is 3.66. The maximum absolute atomic E-state index is 13.9. The molecule has 0 saturated carbocycles. The minimum Gasteiger partial charge on any atom is -0.390 e. The Hall–Kier alpha value is -1.91. The fourth-order valence-corrected chi connectivity index (χ4v) is 2.82. The van der Waals surface area contributed by atoms with Crippen LogP contribution in [0.1, 0.15) is 27.5 Å². The first-order valence-electron chi connectivity index (χ1n) is 6.58. The number of hydrogen-bond donors (Lipinski definition) is 2. The van der Waals surface area contributed by atoms with Gasteiger partial charge >= 0.3 is 0 Å². The van der Waals surface area contributed by atoms with E-state index in [0.29, 0.717) is 6.42 Å². The largest absolute Gasteiger partial charge is 0.390 e. The number of benzene rings is 2.